The van der Waals surface area contributed by atoms with E-state index < -0.39 is 26.5 Å². The molecule has 10 heteroatoms. The van der Waals surface area contributed by atoms with E-state index in [0.717, 1.165) is 32.1 Å². The molecule has 0 spiro atoms. The third-order valence-electron chi connectivity index (χ3n) is 16.8. The number of carbonyl (C=O) groups excluding carboxylic acids is 2. The molecule has 0 aliphatic rings. The molecule has 0 heterocycles. The van der Waals surface area contributed by atoms with Crippen LogP contribution >= 0.6 is 7.82 Å². The normalized spacial score (nSPS) is 13.1. The zero-order valence-corrected chi connectivity index (χ0v) is 56.6. The summed E-state index contributed by atoms with van der Waals surface area (Å²) in [7, 11) is 1.19. The number of carbonyl (C=O) groups is 2. The van der Waals surface area contributed by atoms with E-state index >= 15 is 0 Å². The average molecular weight is 1180 g/mol. The van der Waals surface area contributed by atoms with E-state index in [0.29, 0.717) is 17.4 Å². The Labute approximate surface area is 511 Å². The zero-order chi connectivity index (χ0) is 59.8. The Morgan fingerprint density at radius 1 is 0.366 bits per heavy atom. The Morgan fingerprint density at radius 3 is 0.902 bits per heavy atom. The van der Waals surface area contributed by atoms with Crippen LogP contribution in [0.1, 0.15) is 386 Å². The van der Waals surface area contributed by atoms with Gasteiger partial charge in [0.1, 0.15) is 19.8 Å². The van der Waals surface area contributed by atoms with Crippen LogP contribution in [0, 0.1) is 0 Å². The van der Waals surface area contributed by atoms with Crippen molar-refractivity contribution in [2.75, 3.05) is 47.5 Å². The molecule has 82 heavy (non-hydrogen) atoms. The number of quaternary nitrogens is 1. The van der Waals surface area contributed by atoms with Gasteiger partial charge in [-0.3, -0.25) is 14.2 Å². The van der Waals surface area contributed by atoms with E-state index in [1.165, 1.54) is 321 Å². The predicted molar refractivity (Wildman–Crippen MR) is 352 cm³/mol. The lowest BCUT2D eigenvalue weighted by molar-refractivity contribution is -0.870. The van der Waals surface area contributed by atoms with E-state index in [9.17, 15) is 19.0 Å². The number of phosphoric ester groups is 1. The minimum absolute atomic E-state index is 0.0256. The molecule has 0 amide bonds. The van der Waals surface area contributed by atoms with Crippen molar-refractivity contribution in [2.24, 2.45) is 0 Å². The lowest BCUT2D eigenvalue weighted by Crippen LogP contribution is -2.37. The summed E-state index contributed by atoms with van der Waals surface area (Å²) in [6, 6.07) is 0. The topological polar surface area (TPSA) is 111 Å². The van der Waals surface area contributed by atoms with Crippen LogP contribution < -0.4 is 4.89 Å². The van der Waals surface area contributed by atoms with E-state index in [1.54, 1.807) is 0 Å². The summed E-state index contributed by atoms with van der Waals surface area (Å²) in [5.74, 6) is -0.805. The van der Waals surface area contributed by atoms with Crippen LogP contribution in [0.15, 0.2) is 12.2 Å². The van der Waals surface area contributed by atoms with Gasteiger partial charge >= 0.3 is 11.9 Å². The molecule has 488 valence electrons. The van der Waals surface area contributed by atoms with Crippen molar-refractivity contribution < 1.29 is 42.1 Å². The van der Waals surface area contributed by atoms with E-state index in [4.69, 9.17) is 18.5 Å². The first-order chi connectivity index (χ1) is 40.0. The van der Waals surface area contributed by atoms with Crippen molar-refractivity contribution in [2.45, 2.75) is 392 Å². The molecule has 0 saturated heterocycles. The van der Waals surface area contributed by atoms with Crippen molar-refractivity contribution in [1.29, 1.82) is 0 Å². The van der Waals surface area contributed by atoms with Gasteiger partial charge in [0.2, 0.25) is 0 Å². The fourth-order valence-corrected chi connectivity index (χ4v) is 11.9. The van der Waals surface area contributed by atoms with E-state index in [1.807, 2.05) is 21.1 Å². The molecule has 0 radical (unpaired) electrons. The highest BCUT2D eigenvalue weighted by Crippen LogP contribution is 2.38. The number of hydrogen-bond donors (Lipinski definition) is 0. The van der Waals surface area contributed by atoms with Gasteiger partial charge in [-0.05, 0) is 38.5 Å². The molecule has 0 N–H and O–H groups in total. The molecule has 0 aromatic rings. The molecule has 0 aromatic heterocycles. The number of unbranched alkanes of at least 4 members (excludes halogenated alkanes) is 53. The number of phosphoric acid groups is 1. The molecule has 0 aliphatic carbocycles. The van der Waals surface area contributed by atoms with Gasteiger partial charge in [-0.1, -0.05) is 347 Å². The van der Waals surface area contributed by atoms with E-state index in [-0.39, 0.29) is 32.0 Å². The van der Waals surface area contributed by atoms with Crippen LogP contribution in [0.25, 0.3) is 0 Å². The molecular formula is C72H142NO8P. The molecule has 0 saturated carbocycles. The molecule has 9 nitrogen and oxygen atoms in total. The summed E-state index contributed by atoms with van der Waals surface area (Å²) in [4.78, 5) is 38.1. The van der Waals surface area contributed by atoms with Gasteiger partial charge < -0.3 is 27.9 Å². The zero-order valence-electron chi connectivity index (χ0n) is 55.7. The van der Waals surface area contributed by atoms with Crippen molar-refractivity contribution in [3.8, 4) is 0 Å². The Bertz CT molecular complexity index is 1390. The molecule has 0 bridgehead atoms. The minimum atomic E-state index is -4.64. The van der Waals surface area contributed by atoms with Gasteiger partial charge in [0.25, 0.3) is 7.82 Å². The number of ether oxygens (including phenoxy) is 2. The van der Waals surface area contributed by atoms with Gasteiger partial charge in [-0.15, -0.1) is 0 Å². The molecule has 2 atom stereocenters. The lowest BCUT2D eigenvalue weighted by Gasteiger charge is -2.28. The Balaban J connectivity index is 3.93. The van der Waals surface area contributed by atoms with Gasteiger partial charge in [-0.2, -0.15) is 0 Å². The quantitative estimate of drug-likeness (QED) is 0.0195. The SMILES string of the molecule is CCCCCCCCCC/C=C\CCCCCCCCCCCCCCCCCCCCCCCCCC(=O)OC(COC(=O)CCCCCCCCCCCCCCCCCCCCCCCCC)COP(=O)([O-])OCC[N+](C)(C)C. The Kier molecular flexibility index (Phi) is 63.3. The molecule has 0 rings (SSSR count). The van der Waals surface area contributed by atoms with Crippen LogP contribution in [-0.4, -0.2) is 70.0 Å². The number of allylic oxidation sites excluding steroid dienone is 2. The summed E-state index contributed by atoms with van der Waals surface area (Å²) in [6.45, 7) is 4.33. The maximum atomic E-state index is 12.9. The number of hydrogen-bond acceptors (Lipinski definition) is 8. The molecule has 0 aromatic carbocycles. The maximum Gasteiger partial charge on any atom is 0.306 e. The Morgan fingerprint density at radius 2 is 0.622 bits per heavy atom. The number of likely N-dealkylation sites (N-methyl/N-ethyl adjacent to an activating group) is 1. The van der Waals surface area contributed by atoms with Gasteiger partial charge in [-0.25, -0.2) is 0 Å². The third-order valence-corrected chi connectivity index (χ3v) is 17.7. The maximum absolute atomic E-state index is 12.9. The predicted octanol–water partition coefficient (Wildman–Crippen LogP) is 22.9. The second-order valence-corrected chi connectivity index (χ2v) is 27.7. The van der Waals surface area contributed by atoms with Gasteiger partial charge in [0.15, 0.2) is 6.10 Å². The smallest absolute Gasteiger partial charge is 0.306 e. The fraction of sp³-hybridized carbons (Fsp3) is 0.944. The summed E-state index contributed by atoms with van der Waals surface area (Å²) >= 11 is 0. The summed E-state index contributed by atoms with van der Waals surface area (Å²) in [5.41, 5.74) is 0. The van der Waals surface area contributed by atoms with Crippen molar-refractivity contribution in [3.05, 3.63) is 12.2 Å². The van der Waals surface area contributed by atoms with Crippen LogP contribution in [0.4, 0.5) is 0 Å². The first-order valence-electron chi connectivity index (χ1n) is 36.4. The van der Waals surface area contributed by atoms with Crippen molar-refractivity contribution >= 4 is 19.8 Å². The highest BCUT2D eigenvalue weighted by atomic mass is 31.2. The summed E-state index contributed by atoms with van der Waals surface area (Å²) in [5, 5.41) is 0. The summed E-state index contributed by atoms with van der Waals surface area (Å²) < 4.78 is 34.3. The second kappa shape index (κ2) is 64.2. The fourth-order valence-electron chi connectivity index (χ4n) is 11.2. The summed E-state index contributed by atoms with van der Waals surface area (Å²) in [6.07, 6.45) is 78.8. The first kappa shape index (κ1) is 80.8. The largest absolute Gasteiger partial charge is 0.756 e. The highest BCUT2D eigenvalue weighted by Gasteiger charge is 2.22. The second-order valence-electron chi connectivity index (χ2n) is 26.3. The molecule has 2 unspecified atom stereocenters. The van der Waals surface area contributed by atoms with Crippen LogP contribution in [0.5, 0.6) is 0 Å². The van der Waals surface area contributed by atoms with E-state index in [2.05, 4.69) is 26.0 Å². The van der Waals surface area contributed by atoms with Crippen LogP contribution in [0.2, 0.25) is 0 Å². The number of nitrogens with zero attached hydrogens (tertiary/aromatic N) is 1. The molecule has 0 aliphatic heterocycles. The van der Waals surface area contributed by atoms with Crippen LogP contribution in [0.3, 0.4) is 0 Å². The first-order valence-corrected chi connectivity index (χ1v) is 37.9. The average Bonchev–Trinajstić information content (AvgIpc) is 3.45. The number of rotatable bonds is 69. The van der Waals surface area contributed by atoms with Gasteiger partial charge in [0.05, 0.1) is 27.7 Å². The molecular weight excluding hydrogens is 1040 g/mol. The third kappa shape index (κ3) is 67.9. The Hall–Kier alpha value is -1.25. The lowest BCUT2D eigenvalue weighted by atomic mass is 10.0. The van der Waals surface area contributed by atoms with Gasteiger partial charge in [0, 0.05) is 12.8 Å². The molecule has 0 fully saturated rings. The van der Waals surface area contributed by atoms with Crippen LogP contribution in [-0.2, 0) is 32.7 Å². The monoisotopic (exact) mass is 1180 g/mol. The highest BCUT2D eigenvalue weighted by molar-refractivity contribution is 7.45. The number of esters is 2. The van der Waals surface area contributed by atoms with Crippen molar-refractivity contribution in [3.63, 3.8) is 0 Å². The minimum Gasteiger partial charge on any atom is -0.756 e. The van der Waals surface area contributed by atoms with Crippen molar-refractivity contribution in [1.82, 2.24) is 0 Å². The standard InChI is InChI=1S/C72H142NO8P/c1-6-8-10-12-14-16-18-20-22-24-26-28-30-31-32-33-34-35-36-37-38-39-40-41-43-45-47-49-51-53-55-57-59-61-63-65-72(75)81-70(69-80-82(76,77)79-67-66-73(3,4)5)68-78-71(74)64-62-60-58-56-54-52-50-48-46-44-42-29-27-25-23-21-19-17-15-13-11-9-7-2/h24,26,70H,6-23,25,27-69H2,1-5H3/b26-24-.